The van der Waals surface area contributed by atoms with Crippen molar-refractivity contribution in [3.8, 4) is 0 Å². The molecule has 0 N–H and O–H groups in total. The van der Waals surface area contributed by atoms with Gasteiger partial charge in [-0.2, -0.15) is 30.7 Å². The second-order valence-electron chi connectivity index (χ2n) is 1.70. The van der Waals surface area contributed by atoms with Crippen LogP contribution in [0, 0.1) is 4.91 Å². The van der Waals surface area contributed by atoms with Crippen LogP contribution in [0.15, 0.2) is 5.18 Å². The average Bonchev–Trinajstić information content (AvgIpc) is 1.85. The van der Waals surface area contributed by atoms with Crippen molar-refractivity contribution >= 4 is 0 Å². The van der Waals surface area contributed by atoms with Gasteiger partial charge in [0.05, 0.1) is 0 Å². The third-order valence-corrected chi connectivity index (χ3v) is 0.848. The fraction of sp³-hybridized carbons (Fsp3) is 1.00. The van der Waals surface area contributed by atoms with Crippen molar-refractivity contribution in [3.63, 3.8) is 0 Å². The zero-order valence-electron chi connectivity index (χ0n) is 5.00. The first-order valence-electron chi connectivity index (χ1n) is 2.23. The van der Waals surface area contributed by atoms with Gasteiger partial charge in [0.1, 0.15) is 0 Å². The van der Waals surface area contributed by atoms with Gasteiger partial charge in [-0.1, -0.05) is 0 Å². The highest BCUT2D eigenvalue weighted by Gasteiger charge is 2.74. The standard InChI is InChI=1S/C3F7NO/c4-1(5,2(6,7)8)3(9,10)11-12. The first-order chi connectivity index (χ1) is 5.06. The molecule has 72 valence electrons. The summed E-state index contributed by atoms with van der Waals surface area (Å²) in [6, 6.07) is -5.97. The maximum absolute atomic E-state index is 11.5. The molecular weight excluding hydrogens is 199 g/mol. The minimum absolute atomic E-state index is 0.405. The van der Waals surface area contributed by atoms with E-state index in [0.29, 0.717) is 5.18 Å². The van der Waals surface area contributed by atoms with Crippen LogP contribution in [0.3, 0.4) is 0 Å². The highest BCUT2D eigenvalue weighted by molar-refractivity contribution is 4.88. The van der Waals surface area contributed by atoms with Crippen LogP contribution in [-0.4, -0.2) is 18.1 Å². The normalized spacial score (nSPS) is 14.6. The minimum atomic E-state index is -6.50. The Hall–Kier alpha value is -0.890. The lowest BCUT2D eigenvalue weighted by Crippen LogP contribution is -2.50. The van der Waals surface area contributed by atoms with E-state index in [1.165, 1.54) is 0 Å². The van der Waals surface area contributed by atoms with Gasteiger partial charge in [-0.25, -0.2) is 0 Å². The Bertz CT molecular complexity index is 184. The molecule has 0 radical (unpaired) electrons. The van der Waals surface area contributed by atoms with E-state index >= 15 is 0 Å². The monoisotopic (exact) mass is 199 g/mol. The summed E-state index contributed by atoms with van der Waals surface area (Å²) in [7, 11) is 0. The summed E-state index contributed by atoms with van der Waals surface area (Å²) in [4.78, 5) is 8.94. The van der Waals surface area contributed by atoms with Crippen molar-refractivity contribution in [2.45, 2.75) is 18.1 Å². The van der Waals surface area contributed by atoms with Crippen LogP contribution in [-0.2, 0) is 0 Å². The Labute approximate surface area is 60.3 Å². The Balaban J connectivity index is 4.97. The molecule has 12 heavy (non-hydrogen) atoms. The molecule has 0 aromatic heterocycles. The van der Waals surface area contributed by atoms with Crippen molar-refractivity contribution in [2.24, 2.45) is 5.18 Å². The fourth-order valence-electron chi connectivity index (χ4n) is 0.228. The SMILES string of the molecule is O=NC(F)(F)C(F)(F)C(F)(F)F. The van der Waals surface area contributed by atoms with E-state index in [4.69, 9.17) is 4.91 Å². The molecule has 0 bridgehead atoms. The number of nitrogens with zero attached hydrogens (tertiary/aromatic N) is 1. The quantitative estimate of drug-likeness (QED) is 0.381. The molecule has 0 atom stereocenters. The molecule has 0 rings (SSSR count). The van der Waals surface area contributed by atoms with Crippen LogP contribution in [0.25, 0.3) is 0 Å². The fourth-order valence-corrected chi connectivity index (χ4v) is 0.228. The molecule has 0 aliphatic rings. The second kappa shape index (κ2) is 2.56. The van der Waals surface area contributed by atoms with Crippen molar-refractivity contribution in [1.29, 1.82) is 0 Å². The first-order valence-corrected chi connectivity index (χ1v) is 2.23. The van der Waals surface area contributed by atoms with E-state index in [9.17, 15) is 30.7 Å². The van der Waals surface area contributed by atoms with Crippen LogP contribution >= 0.6 is 0 Å². The Morgan fingerprint density at radius 2 is 1.17 bits per heavy atom. The van der Waals surface area contributed by atoms with Gasteiger partial charge >= 0.3 is 18.1 Å². The topological polar surface area (TPSA) is 29.4 Å². The molecule has 0 aromatic carbocycles. The van der Waals surface area contributed by atoms with Crippen LogP contribution in [0.2, 0.25) is 0 Å². The van der Waals surface area contributed by atoms with Gasteiger partial charge in [0.2, 0.25) is 0 Å². The van der Waals surface area contributed by atoms with Gasteiger partial charge < -0.3 is 0 Å². The Kier molecular flexibility index (Phi) is 2.37. The van der Waals surface area contributed by atoms with Crippen molar-refractivity contribution in [2.75, 3.05) is 0 Å². The highest BCUT2D eigenvalue weighted by atomic mass is 19.4. The van der Waals surface area contributed by atoms with Crippen LogP contribution < -0.4 is 0 Å². The summed E-state index contributed by atoms with van der Waals surface area (Å²) in [5.74, 6) is -6.43. The lowest BCUT2D eigenvalue weighted by atomic mass is 10.3. The molecule has 0 aromatic rings. The summed E-state index contributed by atoms with van der Waals surface area (Å²) in [5, 5.41) is 0.405. The van der Waals surface area contributed by atoms with E-state index in [1.807, 2.05) is 0 Å². The summed E-state index contributed by atoms with van der Waals surface area (Å²) >= 11 is 0. The largest absolute Gasteiger partial charge is 0.462 e. The number of halogens is 7. The zero-order chi connectivity index (χ0) is 10.2. The van der Waals surface area contributed by atoms with Crippen LogP contribution in [0.5, 0.6) is 0 Å². The molecule has 2 nitrogen and oxygen atoms in total. The third kappa shape index (κ3) is 1.48. The van der Waals surface area contributed by atoms with Crippen molar-refractivity contribution in [3.05, 3.63) is 4.91 Å². The molecule has 0 saturated heterocycles. The molecule has 0 heterocycles. The molecule has 0 spiro atoms. The van der Waals surface area contributed by atoms with E-state index in [-0.39, 0.29) is 0 Å². The predicted octanol–water partition coefficient (Wildman–Crippen LogP) is 2.54. The van der Waals surface area contributed by atoms with Crippen molar-refractivity contribution in [1.82, 2.24) is 0 Å². The Morgan fingerprint density at radius 3 is 1.25 bits per heavy atom. The number of hydrogen-bond donors (Lipinski definition) is 0. The van der Waals surface area contributed by atoms with E-state index < -0.39 is 18.1 Å². The highest BCUT2D eigenvalue weighted by Crippen LogP contribution is 2.46. The third-order valence-electron chi connectivity index (χ3n) is 0.848. The van der Waals surface area contributed by atoms with Gasteiger partial charge in [-0.3, -0.25) is 0 Å². The smallest absolute Gasteiger partial charge is 0.187 e. The predicted molar refractivity (Wildman–Crippen MR) is 21.7 cm³/mol. The maximum Gasteiger partial charge on any atom is 0.462 e. The molecule has 0 saturated carbocycles. The lowest BCUT2D eigenvalue weighted by Gasteiger charge is -2.22. The van der Waals surface area contributed by atoms with Gasteiger partial charge in [0.15, 0.2) is 0 Å². The summed E-state index contributed by atoms with van der Waals surface area (Å²) in [5.41, 5.74) is 0. The summed E-state index contributed by atoms with van der Waals surface area (Å²) in [6.07, 6.45) is -6.50. The van der Waals surface area contributed by atoms with E-state index in [2.05, 4.69) is 0 Å². The van der Waals surface area contributed by atoms with Gasteiger partial charge in [0, 0.05) is 5.18 Å². The van der Waals surface area contributed by atoms with Crippen LogP contribution in [0.4, 0.5) is 30.7 Å². The zero-order valence-corrected chi connectivity index (χ0v) is 5.00. The molecule has 0 amide bonds. The van der Waals surface area contributed by atoms with Gasteiger partial charge in [0.25, 0.3) is 0 Å². The Morgan fingerprint density at radius 1 is 0.833 bits per heavy atom. The second-order valence-corrected chi connectivity index (χ2v) is 1.70. The lowest BCUT2D eigenvalue weighted by molar-refractivity contribution is -0.352. The number of alkyl halides is 7. The number of rotatable bonds is 2. The van der Waals surface area contributed by atoms with E-state index in [0.717, 1.165) is 0 Å². The molecule has 0 aliphatic carbocycles. The molecule has 0 unspecified atom stereocenters. The first kappa shape index (κ1) is 11.1. The molecule has 0 fully saturated rings. The average molecular weight is 199 g/mol. The van der Waals surface area contributed by atoms with Crippen LogP contribution in [0.1, 0.15) is 0 Å². The maximum atomic E-state index is 11.5. The molecule has 0 aliphatic heterocycles. The van der Waals surface area contributed by atoms with Gasteiger partial charge in [-0.05, 0) is 0 Å². The van der Waals surface area contributed by atoms with Crippen molar-refractivity contribution < 1.29 is 30.7 Å². The summed E-state index contributed by atoms with van der Waals surface area (Å²) < 4.78 is 79.3. The number of hydrogen-bond acceptors (Lipinski definition) is 2. The molecular formula is C3F7NO. The number of nitroso groups, excluding NO2 is 1. The minimum Gasteiger partial charge on any atom is -0.187 e. The molecule has 9 heteroatoms. The van der Waals surface area contributed by atoms with E-state index in [1.54, 1.807) is 0 Å². The van der Waals surface area contributed by atoms with Gasteiger partial charge in [-0.15, -0.1) is 4.91 Å². The summed E-state index contributed by atoms with van der Waals surface area (Å²) in [6.45, 7) is 0.